The Morgan fingerprint density at radius 1 is 0.576 bits per heavy atom. The number of rotatable bonds is 14. The van der Waals surface area contributed by atoms with Gasteiger partial charge in [0.15, 0.2) is 0 Å². The molecule has 0 saturated heterocycles. The third-order valence-electron chi connectivity index (χ3n) is 5.72. The summed E-state index contributed by atoms with van der Waals surface area (Å²) in [5.41, 5.74) is 2.20. The van der Waals surface area contributed by atoms with Gasteiger partial charge in [-0.25, -0.2) is 9.59 Å². The maximum Gasteiger partial charge on any atom is 0.315 e. The average Bonchev–Trinajstić information content (AvgIpc) is 2.83. The minimum absolute atomic E-state index is 0.000900. The van der Waals surface area contributed by atoms with Crippen molar-refractivity contribution in [3.63, 3.8) is 0 Å². The number of hydrogen-bond donors (Lipinski definition) is 4. The highest BCUT2D eigenvalue weighted by atomic mass is 16.2. The first kappa shape index (κ1) is 26.2. The molecule has 2 aromatic rings. The summed E-state index contributed by atoms with van der Waals surface area (Å²) >= 11 is 0. The minimum atomic E-state index is -0.110. The molecule has 4 N–H and O–H groups in total. The molecule has 2 aromatic carbocycles. The Hall–Kier alpha value is -3.02. The van der Waals surface area contributed by atoms with E-state index in [9.17, 15) is 9.59 Å². The summed E-state index contributed by atoms with van der Waals surface area (Å²) < 4.78 is 0. The van der Waals surface area contributed by atoms with Gasteiger partial charge in [0.05, 0.1) is 12.1 Å². The Kier molecular flexibility index (Phi) is 12.5. The molecule has 2 unspecified atom stereocenters. The van der Waals surface area contributed by atoms with Gasteiger partial charge in [-0.3, -0.25) is 0 Å². The van der Waals surface area contributed by atoms with Crippen LogP contribution in [0.15, 0.2) is 60.7 Å². The van der Waals surface area contributed by atoms with Gasteiger partial charge in [0.25, 0.3) is 0 Å². The molecular formula is C27H40N4O2. The quantitative estimate of drug-likeness (QED) is 0.272. The molecule has 2 rings (SSSR count). The van der Waals surface area contributed by atoms with Crippen LogP contribution in [0.4, 0.5) is 9.59 Å². The average molecular weight is 453 g/mol. The standard InChI is InChI=1S/C27H40N4O2/c1-22(24-16-10-8-11-17-24)30-26(32)28-20-14-6-4-3-5-7-15-21-29-27(33)31-23(2)25-18-12-9-13-19-25/h8-13,16-19,22-23H,3-7,14-15,20-21H2,1-2H3,(H2,28,30,32)(H2,29,31,33). The van der Waals surface area contributed by atoms with E-state index in [1.54, 1.807) is 0 Å². The first-order valence-corrected chi connectivity index (χ1v) is 12.2. The fourth-order valence-electron chi connectivity index (χ4n) is 3.68. The van der Waals surface area contributed by atoms with E-state index in [0.717, 1.165) is 36.8 Å². The lowest BCUT2D eigenvalue weighted by Crippen LogP contribution is -2.37. The summed E-state index contributed by atoms with van der Waals surface area (Å²) in [6.45, 7) is 5.38. The van der Waals surface area contributed by atoms with Gasteiger partial charge >= 0.3 is 12.1 Å². The molecule has 180 valence electrons. The summed E-state index contributed by atoms with van der Waals surface area (Å²) in [4.78, 5) is 24.0. The van der Waals surface area contributed by atoms with Crippen LogP contribution in [0.3, 0.4) is 0 Å². The Bertz CT molecular complexity index is 731. The highest BCUT2D eigenvalue weighted by molar-refractivity contribution is 5.74. The van der Waals surface area contributed by atoms with E-state index in [-0.39, 0.29) is 24.1 Å². The summed E-state index contributed by atoms with van der Waals surface area (Å²) in [6, 6.07) is 19.7. The van der Waals surface area contributed by atoms with Crippen molar-refractivity contribution in [2.45, 2.75) is 70.9 Å². The van der Waals surface area contributed by atoms with Crippen molar-refractivity contribution in [2.75, 3.05) is 13.1 Å². The molecular weight excluding hydrogens is 412 g/mol. The third kappa shape index (κ3) is 11.4. The van der Waals surface area contributed by atoms with Crippen LogP contribution in [0.5, 0.6) is 0 Å². The van der Waals surface area contributed by atoms with Crippen molar-refractivity contribution >= 4 is 12.1 Å². The zero-order valence-corrected chi connectivity index (χ0v) is 20.1. The maximum atomic E-state index is 12.0. The van der Waals surface area contributed by atoms with E-state index in [4.69, 9.17) is 0 Å². The molecule has 0 spiro atoms. The zero-order chi connectivity index (χ0) is 23.7. The van der Waals surface area contributed by atoms with E-state index in [1.807, 2.05) is 74.5 Å². The van der Waals surface area contributed by atoms with E-state index in [0.29, 0.717) is 13.1 Å². The predicted octanol–water partition coefficient (Wildman–Crippen LogP) is 5.84. The van der Waals surface area contributed by atoms with Gasteiger partial charge in [0.1, 0.15) is 0 Å². The third-order valence-corrected chi connectivity index (χ3v) is 5.72. The smallest absolute Gasteiger partial charge is 0.315 e. The summed E-state index contributed by atoms with van der Waals surface area (Å²) in [7, 11) is 0. The normalized spacial score (nSPS) is 12.4. The molecule has 0 aliphatic carbocycles. The molecule has 6 heteroatoms. The Morgan fingerprint density at radius 3 is 1.27 bits per heavy atom. The van der Waals surface area contributed by atoms with Gasteiger partial charge in [0.2, 0.25) is 0 Å². The van der Waals surface area contributed by atoms with E-state index < -0.39 is 0 Å². The number of carbonyl (C=O) groups excluding carboxylic acids is 2. The Labute approximate surface area is 198 Å². The molecule has 0 saturated carbocycles. The lowest BCUT2D eigenvalue weighted by molar-refractivity contribution is 0.237. The van der Waals surface area contributed by atoms with Gasteiger partial charge < -0.3 is 21.3 Å². The van der Waals surface area contributed by atoms with Crippen LogP contribution >= 0.6 is 0 Å². The minimum Gasteiger partial charge on any atom is -0.338 e. The lowest BCUT2D eigenvalue weighted by atomic mass is 10.1. The number of carbonyl (C=O) groups is 2. The number of benzene rings is 2. The van der Waals surface area contributed by atoms with Gasteiger partial charge in [-0.2, -0.15) is 0 Å². The second kappa shape index (κ2) is 15.7. The molecule has 0 aromatic heterocycles. The fraction of sp³-hybridized carbons (Fsp3) is 0.481. The predicted molar refractivity (Wildman–Crippen MR) is 135 cm³/mol. The van der Waals surface area contributed by atoms with Crippen molar-refractivity contribution in [1.29, 1.82) is 0 Å². The van der Waals surface area contributed by atoms with Gasteiger partial charge in [-0.1, -0.05) is 92.8 Å². The van der Waals surface area contributed by atoms with Crippen LogP contribution in [0.2, 0.25) is 0 Å². The summed E-state index contributed by atoms with van der Waals surface area (Å²) in [6.07, 6.45) is 7.76. The maximum absolute atomic E-state index is 12.0. The highest BCUT2D eigenvalue weighted by Crippen LogP contribution is 2.12. The molecule has 0 heterocycles. The number of amides is 4. The number of unbranched alkanes of at least 4 members (excludes halogenated alkanes) is 6. The molecule has 0 aliphatic rings. The van der Waals surface area contributed by atoms with Crippen LogP contribution in [-0.2, 0) is 0 Å². The monoisotopic (exact) mass is 452 g/mol. The Morgan fingerprint density at radius 2 is 0.909 bits per heavy atom. The van der Waals surface area contributed by atoms with Crippen molar-refractivity contribution in [1.82, 2.24) is 21.3 Å². The van der Waals surface area contributed by atoms with E-state index in [2.05, 4.69) is 21.3 Å². The van der Waals surface area contributed by atoms with Crippen molar-refractivity contribution in [3.8, 4) is 0 Å². The summed E-state index contributed by atoms with van der Waals surface area (Å²) in [5.74, 6) is 0. The topological polar surface area (TPSA) is 82.3 Å². The molecule has 0 bridgehead atoms. The second-order valence-corrected chi connectivity index (χ2v) is 8.54. The van der Waals surface area contributed by atoms with Gasteiger partial charge in [-0.05, 0) is 37.8 Å². The van der Waals surface area contributed by atoms with Gasteiger partial charge in [0, 0.05) is 13.1 Å². The molecule has 6 nitrogen and oxygen atoms in total. The van der Waals surface area contributed by atoms with Crippen LogP contribution in [0.25, 0.3) is 0 Å². The highest BCUT2D eigenvalue weighted by Gasteiger charge is 2.09. The largest absolute Gasteiger partial charge is 0.338 e. The molecule has 33 heavy (non-hydrogen) atoms. The number of nitrogens with one attached hydrogen (secondary N) is 4. The lowest BCUT2D eigenvalue weighted by Gasteiger charge is -2.15. The molecule has 4 amide bonds. The number of urea groups is 2. The van der Waals surface area contributed by atoms with Crippen molar-refractivity contribution in [2.24, 2.45) is 0 Å². The second-order valence-electron chi connectivity index (χ2n) is 8.54. The first-order chi connectivity index (χ1) is 16.1. The van der Waals surface area contributed by atoms with E-state index >= 15 is 0 Å². The van der Waals surface area contributed by atoms with Crippen LogP contribution in [0, 0.1) is 0 Å². The molecule has 0 radical (unpaired) electrons. The molecule has 0 aliphatic heterocycles. The SMILES string of the molecule is CC(NC(=O)NCCCCCCCCCNC(=O)NC(C)c1ccccc1)c1ccccc1. The molecule has 0 fully saturated rings. The van der Waals surface area contributed by atoms with Crippen LogP contribution < -0.4 is 21.3 Å². The zero-order valence-electron chi connectivity index (χ0n) is 20.1. The van der Waals surface area contributed by atoms with Gasteiger partial charge in [-0.15, -0.1) is 0 Å². The van der Waals surface area contributed by atoms with Crippen molar-refractivity contribution in [3.05, 3.63) is 71.8 Å². The van der Waals surface area contributed by atoms with E-state index in [1.165, 1.54) is 19.3 Å². The van der Waals surface area contributed by atoms with Crippen molar-refractivity contribution < 1.29 is 9.59 Å². The fourth-order valence-corrected chi connectivity index (χ4v) is 3.68. The Balaban J connectivity index is 1.38. The van der Waals surface area contributed by atoms with Crippen LogP contribution in [0.1, 0.15) is 82.0 Å². The first-order valence-electron chi connectivity index (χ1n) is 12.2. The number of hydrogen-bond acceptors (Lipinski definition) is 2. The molecule has 2 atom stereocenters. The summed E-state index contributed by atoms with van der Waals surface area (Å²) in [5, 5.41) is 11.8. The van der Waals surface area contributed by atoms with Crippen LogP contribution in [-0.4, -0.2) is 25.2 Å².